The molecule has 0 radical (unpaired) electrons. The zero-order valence-corrected chi connectivity index (χ0v) is 23.7. The number of ether oxygens (including phenoxy) is 1. The van der Waals surface area contributed by atoms with Crippen LogP contribution in [0.15, 0.2) is 78.9 Å². The molecular weight excluding hydrogens is 527 g/mol. The molecule has 2 heterocycles. The van der Waals surface area contributed by atoms with Crippen molar-refractivity contribution >= 4 is 11.6 Å². The number of piperazine rings is 1. The molecule has 3 aromatic carbocycles. The Labute approximate surface area is 240 Å². The maximum absolute atomic E-state index is 13.8. The second-order valence-corrected chi connectivity index (χ2v) is 11.1. The van der Waals surface area contributed by atoms with E-state index < -0.39 is 11.7 Å². The fourth-order valence-corrected chi connectivity index (χ4v) is 6.35. The maximum atomic E-state index is 13.8. The summed E-state index contributed by atoms with van der Waals surface area (Å²) in [5.41, 5.74) is 2.12. The molecule has 0 bridgehead atoms. The van der Waals surface area contributed by atoms with E-state index >= 15 is 0 Å². The standard InChI is InChI=1S/C33H38F3N3O2/c1-3-30(24-9-5-4-6-10-24)32(40)39-22-26(31(23-39)25-11-7-12-27(19-25)33(34,35)36)21-37-15-17-38(18-16-37)28-13-8-14-29(20-28)41-2/h4-14,19-20,26,30-31H,3,15-18,21-23H2,1-2H3/t26-,30+,31+/m1/s1. The SMILES string of the molecule is CC[C@H](C(=O)N1C[C@@H](CN2CCN(c3cccc(OC)c3)CC2)[C@H](c2cccc(C(F)(F)F)c2)C1)c1ccccc1. The van der Waals surface area contributed by atoms with E-state index in [4.69, 9.17) is 4.74 Å². The minimum atomic E-state index is -4.41. The molecule has 8 heteroatoms. The Morgan fingerprint density at radius 2 is 1.66 bits per heavy atom. The Morgan fingerprint density at radius 3 is 2.34 bits per heavy atom. The van der Waals surface area contributed by atoms with Crippen LogP contribution in [0.5, 0.6) is 5.75 Å². The summed E-state index contributed by atoms with van der Waals surface area (Å²) in [6.07, 6.45) is -3.73. The molecule has 2 saturated heterocycles. The highest BCUT2D eigenvalue weighted by Gasteiger charge is 2.40. The highest BCUT2D eigenvalue weighted by atomic mass is 19.4. The number of benzene rings is 3. The van der Waals surface area contributed by atoms with Crippen LogP contribution in [-0.2, 0) is 11.0 Å². The summed E-state index contributed by atoms with van der Waals surface area (Å²) in [5, 5.41) is 0. The second kappa shape index (κ2) is 12.6. The first kappa shape index (κ1) is 29.0. The Balaban J connectivity index is 1.33. The van der Waals surface area contributed by atoms with E-state index in [2.05, 4.69) is 15.9 Å². The van der Waals surface area contributed by atoms with Crippen LogP contribution in [-0.4, -0.2) is 68.6 Å². The minimum absolute atomic E-state index is 0.0408. The second-order valence-electron chi connectivity index (χ2n) is 11.1. The predicted octanol–water partition coefficient (Wildman–Crippen LogP) is 6.27. The van der Waals surface area contributed by atoms with Gasteiger partial charge in [0.05, 0.1) is 18.6 Å². The van der Waals surface area contributed by atoms with Crippen molar-refractivity contribution in [3.8, 4) is 5.75 Å². The molecule has 2 aliphatic heterocycles. The molecule has 3 aromatic rings. The lowest BCUT2D eigenvalue weighted by atomic mass is 9.87. The molecule has 0 N–H and O–H groups in total. The van der Waals surface area contributed by atoms with Crippen molar-refractivity contribution in [2.75, 3.05) is 57.8 Å². The number of likely N-dealkylation sites (tertiary alicyclic amines) is 1. The van der Waals surface area contributed by atoms with Crippen LogP contribution in [0.4, 0.5) is 18.9 Å². The average molecular weight is 566 g/mol. The van der Waals surface area contributed by atoms with E-state index in [-0.39, 0.29) is 23.7 Å². The quantitative estimate of drug-likeness (QED) is 0.323. The van der Waals surface area contributed by atoms with Crippen LogP contribution in [0.25, 0.3) is 0 Å². The number of hydrogen-bond acceptors (Lipinski definition) is 4. The third-order valence-corrected chi connectivity index (χ3v) is 8.59. The molecule has 0 aliphatic carbocycles. The van der Waals surface area contributed by atoms with Gasteiger partial charge in [0.25, 0.3) is 0 Å². The van der Waals surface area contributed by atoms with Crippen molar-refractivity contribution in [2.45, 2.75) is 31.4 Å². The molecule has 0 unspecified atom stereocenters. The van der Waals surface area contributed by atoms with Crippen molar-refractivity contribution in [1.29, 1.82) is 0 Å². The van der Waals surface area contributed by atoms with E-state index in [9.17, 15) is 18.0 Å². The van der Waals surface area contributed by atoms with Gasteiger partial charge in [0.1, 0.15) is 5.75 Å². The van der Waals surface area contributed by atoms with Crippen molar-refractivity contribution in [1.82, 2.24) is 9.80 Å². The van der Waals surface area contributed by atoms with E-state index in [1.54, 1.807) is 13.2 Å². The van der Waals surface area contributed by atoms with E-state index in [1.807, 2.05) is 60.4 Å². The third kappa shape index (κ3) is 6.70. The molecule has 0 aromatic heterocycles. The van der Waals surface area contributed by atoms with Crippen LogP contribution in [0.2, 0.25) is 0 Å². The highest BCUT2D eigenvalue weighted by molar-refractivity contribution is 5.84. The lowest BCUT2D eigenvalue weighted by molar-refractivity contribution is -0.137. The first-order chi connectivity index (χ1) is 19.8. The number of rotatable bonds is 8. The molecule has 2 fully saturated rings. The van der Waals surface area contributed by atoms with Crippen molar-refractivity contribution in [3.05, 3.63) is 95.6 Å². The molecule has 5 rings (SSSR count). The van der Waals surface area contributed by atoms with Gasteiger partial charge in [-0.25, -0.2) is 0 Å². The number of halogens is 3. The van der Waals surface area contributed by atoms with Crippen molar-refractivity contribution in [3.63, 3.8) is 0 Å². The number of amides is 1. The first-order valence-electron chi connectivity index (χ1n) is 14.4. The highest BCUT2D eigenvalue weighted by Crippen LogP contribution is 2.38. The van der Waals surface area contributed by atoms with Gasteiger partial charge in [-0.15, -0.1) is 0 Å². The van der Waals surface area contributed by atoms with Gasteiger partial charge < -0.3 is 14.5 Å². The van der Waals surface area contributed by atoms with Crippen molar-refractivity contribution in [2.24, 2.45) is 5.92 Å². The molecule has 0 spiro atoms. The summed E-state index contributed by atoms with van der Waals surface area (Å²) >= 11 is 0. The summed E-state index contributed by atoms with van der Waals surface area (Å²) < 4.78 is 46.2. The number of carbonyl (C=O) groups is 1. The zero-order chi connectivity index (χ0) is 29.0. The largest absolute Gasteiger partial charge is 0.497 e. The number of nitrogens with zero attached hydrogens (tertiary/aromatic N) is 3. The van der Waals surface area contributed by atoms with Gasteiger partial charge in [-0.05, 0) is 41.7 Å². The van der Waals surface area contributed by atoms with E-state index in [0.717, 1.165) is 55.8 Å². The fraction of sp³-hybridized carbons (Fsp3) is 0.424. The first-order valence-corrected chi connectivity index (χ1v) is 14.4. The smallest absolute Gasteiger partial charge is 0.416 e. The molecule has 2 aliphatic rings. The van der Waals surface area contributed by atoms with E-state index in [1.165, 1.54) is 12.1 Å². The van der Waals surface area contributed by atoms with Gasteiger partial charge in [-0.1, -0.05) is 61.5 Å². The third-order valence-electron chi connectivity index (χ3n) is 8.59. The number of anilines is 1. The van der Waals surface area contributed by atoms with E-state index in [0.29, 0.717) is 25.1 Å². The van der Waals surface area contributed by atoms with Gasteiger partial charge in [-0.3, -0.25) is 9.69 Å². The summed E-state index contributed by atoms with van der Waals surface area (Å²) in [5.74, 6) is 0.500. The summed E-state index contributed by atoms with van der Waals surface area (Å²) in [6.45, 7) is 7.10. The van der Waals surface area contributed by atoms with Crippen LogP contribution in [0.1, 0.15) is 41.9 Å². The molecule has 218 valence electrons. The van der Waals surface area contributed by atoms with Crippen molar-refractivity contribution < 1.29 is 22.7 Å². The van der Waals surface area contributed by atoms with Gasteiger partial charge in [0.15, 0.2) is 0 Å². The van der Waals surface area contributed by atoms with Crippen LogP contribution < -0.4 is 9.64 Å². The Morgan fingerprint density at radius 1 is 0.927 bits per heavy atom. The zero-order valence-electron chi connectivity index (χ0n) is 23.7. The summed E-state index contributed by atoms with van der Waals surface area (Å²) in [4.78, 5) is 20.4. The van der Waals surface area contributed by atoms with Gasteiger partial charge in [0, 0.05) is 63.5 Å². The monoisotopic (exact) mass is 565 g/mol. The molecular formula is C33H38F3N3O2. The number of hydrogen-bond donors (Lipinski definition) is 0. The summed E-state index contributed by atoms with van der Waals surface area (Å²) in [6, 6.07) is 23.5. The predicted molar refractivity (Wildman–Crippen MR) is 155 cm³/mol. The number of methoxy groups -OCH3 is 1. The molecule has 3 atom stereocenters. The van der Waals surface area contributed by atoms with Crippen LogP contribution in [0.3, 0.4) is 0 Å². The topological polar surface area (TPSA) is 36.0 Å². The van der Waals surface area contributed by atoms with Crippen LogP contribution in [0, 0.1) is 5.92 Å². The molecule has 5 nitrogen and oxygen atoms in total. The maximum Gasteiger partial charge on any atom is 0.416 e. The summed E-state index contributed by atoms with van der Waals surface area (Å²) in [7, 11) is 1.66. The lowest BCUT2D eigenvalue weighted by Crippen LogP contribution is -2.48. The number of alkyl halides is 3. The lowest BCUT2D eigenvalue weighted by Gasteiger charge is -2.38. The Bertz CT molecular complexity index is 1310. The molecule has 0 saturated carbocycles. The minimum Gasteiger partial charge on any atom is -0.497 e. The molecule has 41 heavy (non-hydrogen) atoms. The number of carbonyl (C=O) groups excluding carboxylic acids is 1. The average Bonchev–Trinajstić information content (AvgIpc) is 3.42. The Hall–Kier alpha value is -3.52. The molecule has 1 amide bonds. The van der Waals surface area contributed by atoms with Crippen LogP contribution >= 0.6 is 0 Å². The fourth-order valence-electron chi connectivity index (χ4n) is 6.35. The van der Waals surface area contributed by atoms with Gasteiger partial charge >= 0.3 is 6.18 Å². The van der Waals surface area contributed by atoms with Gasteiger partial charge in [-0.2, -0.15) is 13.2 Å². The Kier molecular flexibility index (Phi) is 8.88. The normalized spacial score (nSPS) is 20.7. The van der Waals surface area contributed by atoms with Gasteiger partial charge in [0.2, 0.25) is 5.91 Å².